The highest BCUT2D eigenvalue weighted by Gasteiger charge is 2.35. The molecule has 1 aliphatic rings. The van der Waals surface area contributed by atoms with Crippen molar-refractivity contribution < 1.29 is 4.39 Å². The minimum atomic E-state index is -0.147. The Hall–Kier alpha value is -0.410. The van der Waals surface area contributed by atoms with E-state index in [1.54, 1.807) is 12.1 Å². The first-order valence-electron chi connectivity index (χ1n) is 5.30. The quantitative estimate of drug-likeness (QED) is 0.891. The molecule has 0 radical (unpaired) electrons. The first-order valence-corrected chi connectivity index (χ1v) is 6.09. The monoisotopic (exact) mass is 271 g/mol. The third-order valence-corrected chi connectivity index (χ3v) is 4.10. The molecule has 3 heteroatoms. The molecule has 1 heterocycles. The second-order valence-corrected chi connectivity index (χ2v) is 5.22. The third kappa shape index (κ3) is 2.23. The molecule has 0 bridgehead atoms. The highest BCUT2D eigenvalue weighted by atomic mass is 79.9. The lowest BCUT2D eigenvalue weighted by Crippen LogP contribution is -2.54. The Labute approximate surface area is 98.2 Å². The summed E-state index contributed by atoms with van der Waals surface area (Å²) in [6.45, 7) is 4.30. The molecule has 1 saturated heterocycles. The molecular weight excluding hydrogens is 257 g/mol. The van der Waals surface area contributed by atoms with E-state index >= 15 is 0 Å². The first-order chi connectivity index (χ1) is 7.15. The van der Waals surface area contributed by atoms with Crippen LogP contribution in [0.1, 0.15) is 18.9 Å². The van der Waals surface area contributed by atoms with Gasteiger partial charge in [-0.1, -0.05) is 22.9 Å². The Morgan fingerprint density at radius 2 is 2.20 bits per heavy atom. The van der Waals surface area contributed by atoms with Crippen LogP contribution in [0.25, 0.3) is 0 Å². The maximum atomic E-state index is 13.1. The largest absolute Gasteiger partial charge is 0.316 e. The summed E-state index contributed by atoms with van der Waals surface area (Å²) in [5, 5.41) is 3.30. The van der Waals surface area contributed by atoms with Gasteiger partial charge in [-0.2, -0.15) is 0 Å². The fraction of sp³-hybridized carbons (Fsp3) is 0.500. The summed E-state index contributed by atoms with van der Waals surface area (Å²) in [7, 11) is 0. The SMILES string of the molecule is CCC1(Cc2cc(F)ccc2Br)CNC1. The molecule has 0 aliphatic carbocycles. The molecule has 0 aromatic heterocycles. The molecule has 1 aliphatic heterocycles. The number of rotatable bonds is 3. The second-order valence-electron chi connectivity index (χ2n) is 4.37. The van der Waals surface area contributed by atoms with E-state index in [2.05, 4.69) is 28.2 Å². The van der Waals surface area contributed by atoms with Crippen LogP contribution in [0.3, 0.4) is 0 Å². The standard InChI is InChI=1S/C12H15BrFN/c1-2-12(7-15-8-12)6-9-5-10(14)3-4-11(9)13/h3-5,15H,2,6-8H2,1H3. The van der Waals surface area contributed by atoms with E-state index in [-0.39, 0.29) is 5.82 Å². The van der Waals surface area contributed by atoms with Gasteiger partial charge in [-0.05, 0) is 42.0 Å². The average molecular weight is 272 g/mol. The fourth-order valence-corrected chi connectivity index (χ4v) is 2.45. The van der Waals surface area contributed by atoms with Crippen molar-refractivity contribution in [3.8, 4) is 0 Å². The Kier molecular flexibility index (Phi) is 3.12. The van der Waals surface area contributed by atoms with E-state index < -0.39 is 0 Å². The van der Waals surface area contributed by atoms with Gasteiger partial charge in [0, 0.05) is 17.6 Å². The maximum Gasteiger partial charge on any atom is 0.123 e. The summed E-state index contributed by atoms with van der Waals surface area (Å²) >= 11 is 3.48. The predicted octanol–water partition coefficient (Wildman–Crippen LogP) is 3.13. The van der Waals surface area contributed by atoms with E-state index in [0.29, 0.717) is 5.41 Å². The molecule has 2 rings (SSSR count). The van der Waals surface area contributed by atoms with Crippen molar-refractivity contribution in [2.24, 2.45) is 5.41 Å². The highest BCUT2D eigenvalue weighted by Crippen LogP contribution is 2.33. The van der Waals surface area contributed by atoms with Gasteiger partial charge in [0.25, 0.3) is 0 Å². The van der Waals surface area contributed by atoms with E-state index in [4.69, 9.17) is 0 Å². The summed E-state index contributed by atoms with van der Waals surface area (Å²) in [5.74, 6) is -0.147. The van der Waals surface area contributed by atoms with Crippen molar-refractivity contribution in [2.75, 3.05) is 13.1 Å². The lowest BCUT2D eigenvalue weighted by atomic mass is 9.74. The van der Waals surface area contributed by atoms with Gasteiger partial charge in [-0.3, -0.25) is 0 Å². The summed E-state index contributed by atoms with van der Waals surface area (Å²) in [5.41, 5.74) is 1.43. The summed E-state index contributed by atoms with van der Waals surface area (Å²) in [6, 6.07) is 4.92. The Morgan fingerprint density at radius 1 is 1.47 bits per heavy atom. The molecule has 1 fully saturated rings. The van der Waals surface area contributed by atoms with Gasteiger partial charge >= 0.3 is 0 Å². The van der Waals surface area contributed by atoms with Crippen molar-refractivity contribution >= 4 is 15.9 Å². The van der Waals surface area contributed by atoms with Crippen LogP contribution in [0.5, 0.6) is 0 Å². The zero-order valence-electron chi connectivity index (χ0n) is 8.82. The molecule has 82 valence electrons. The van der Waals surface area contributed by atoms with Gasteiger partial charge in [-0.15, -0.1) is 0 Å². The zero-order valence-corrected chi connectivity index (χ0v) is 10.4. The molecule has 0 amide bonds. The van der Waals surface area contributed by atoms with E-state index in [9.17, 15) is 4.39 Å². The summed E-state index contributed by atoms with van der Waals surface area (Å²) < 4.78 is 14.1. The normalized spacial score (nSPS) is 18.6. The summed E-state index contributed by atoms with van der Waals surface area (Å²) in [4.78, 5) is 0. The van der Waals surface area contributed by atoms with Crippen molar-refractivity contribution in [2.45, 2.75) is 19.8 Å². The minimum Gasteiger partial charge on any atom is -0.316 e. The molecule has 0 saturated carbocycles. The Balaban J connectivity index is 2.19. The van der Waals surface area contributed by atoms with Crippen LogP contribution in [0.15, 0.2) is 22.7 Å². The van der Waals surface area contributed by atoms with E-state index in [1.807, 2.05) is 0 Å². The molecule has 0 unspecified atom stereocenters. The Bertz CT molecular complexity index is 355. The van der Waals surface area contributed by atoms with Crippen molar-refractivity contribution in [3.05, 3.63) is 34.1 Å². The molecular formula is C12H15BrFN. The molecule has 1 aromatic rings. The van der Waals surface area contributed by atoms with Crippen LogP contribution < -0.4 is 5.32 Å². The van der Waals surface area contributed by atoms with Crippen LogP contribution in [0.2, 0.25) is 0 Å². The van der Waals surface area contributed by atoms with Gasteiger partial charge in [0.05, 0.1) is 0 Å². The number of hydrogen-bond acceptors (Lipinski definition) is 1. The van der Waals surface area contributed by atoms with Crippen LogP contribution in [-0.4, -0.2) is 13.1 Å². The lowest BCUT2D eigenvalue weighted by Gasteiger charge is -2.42. The minimum absolute atomic E-state index is 0.147. The maximum absolute atomic E-state index is 13.1. The zero-order chi connectivity index (χ0) is 10.9. The molecule has 1 N–H and O–H groups in total. The number of halogens is 2. The molecule has 1 aromatic carbocycles. The average Bonchev–Trinajstić information content (AvgIpc) is 2.17. The van der Waals surface area contributed by atoms with Gasteiger partial charge in [0.15, 0.2) is 0 Å². The molecule has 15 heavy (non-hydrogen) atoms. The fourth-order valence-electron chi connectivity index (χ4n) is 2.06. The predicted molar refractivity (Wildman–Crippen MR) is 63.4 cm³/mol. The number of nitrogens with one attached hydrogen (secondary N) is 1. The Morgan fingerprint density at radius 3 is 2.73 bits per heavy atom. The van der Waals surface area contributed by atoms with Gasteiger partial charge in [0.2, 0.25) is 0 Å². The molecule has 0 spiro atoms. The number of hydrogen-bond donors (Lipinski definition) is 1. The smallest absolute Gasteiger partial charge is 0.123 e. The second kappa shape index (κ2) is 4.22. The van der Waals surface area contributed by atoms with Crippen LogP contribution in [-0.2, 0) is 6.42 Å². The van der Waals surface area contributed by atoms with E-state index in [0.717, 1.165) is 36.0 Å². The van der Waals surface area contributed by atoms with Gasteiger partial charge in [0.1, 0.15) is 5.82 Å². The van der Waals surface area contributed by atoms with E-state index in [1.165, 1.54) is 6.07 Å². The van der Waals surface area contributed by atoms with Crippen LogP contribution >= 0.6 is 15.9 Å². The van der Waals surface area contributed by atoms with Crippen molar-refractivity contribution in [3.63, 3.8) is 0 Å². The lowest BCUT2D eigenvalue weighted by molar-refractivity contribution is 0.160. The topological polar surface area (TPSA) is 12.0 Å². The summed E-state index contributed by atoms with van der Waals surface area (Å²) in [6.07, 6.45) is 2.10. The molecule has 1 nitrogen and oxygen atoms in total. The first kappa shape index (κ1) is 11.1. The third-order valence-electron chi connectivity index (χ3n) is 3.32. The van der Waals surface area contributed by atoms with Crippen molar-refractivity contribution in [1.82, 2.24) is 5.32 Å². The van der Waals surface area contributed by atoms with Gasteiger partial charge in [-0.25, -0.2) is 4.39 Å². The van der Waals surface area contributed by atoms with Crippen LogP contribution in [0, 0.1) is 11.2 Å². The number of benzene rings is 1. The highest BCUT2D eigenvalue weighted by molar-refractivity contribution is 9.10. The molecule has 0 atom stereocenters. The van der Waals surface area contributed by atoms with Gasteiger partial charge < -0.3 is 5.32 Å². The van der Waals surface area contributed by atoms with Crippen LogP contribution in [0.4, 0.5) is 4.39 Å². The van der Waals surface area contributed by atoms with Crippen molar-refractivity contribution in [1.29, 1.82) is 0 Å².